The van der Waals surface area contributed by atoms with Crippen LogP contribution in [0.25, 0.3) is 0 Å². The SMILES string of the molecule is CCCCCC/C=C(/CCCC)Cc1ccccc1. The van der Waals surface area contributed by atoms with Crippen LogP contribution in [-0.4, -0.2) is 0 Å². The number of benzene rings is 1. The Morgan fingerprint density at radius 2 is 1.63 bits per heavy atom. The fourth-order valence-corrected chi connectivity index (χ4v) is 2.40. The maximum atomic E-state index is 2.51. The van der Waals surface area contributed by atoms with Crippen molar-refractivity contribution >= 4 is 0 Å². The molecule has 1 aromatic rings. The highest BCUT2D eigenvalue weighted by Gasteiger charge is 1.99. The molecule has 106 valence electrons. The average Bonchev–Trinajstić information content (AvgIpc) is 2.45. The predicted octanol–water partition coefficient (Wildman–Crippen LogP) is 6.32. The summed E-state index contributed by atoms with van der Waals surface area (Å²) in [5.41, 5.74) is 3.10. The molecule has 0 heterocycles. The first kappa shape index (κ1) is 16.0. The summed E-state index contributed by atoms with van der Waals surface area (Å²) in [6.45, 7) is 4.55. The number of unbranched alkanes of at least 4 members (excludes halogenated alkanes) is 5. The van der Waals surface area contributed by atoms with Gasteiger partial charge in [-0.3, -0.25) is 0 Å². The first-order valence-electron chi connectivity index (χ1n) is 8.08. The summed E-state index contributed by atoms with van der Waals surface area (Å²) in [7, 11) is 0. The Morgan fingerprint density at radius 3 is 2.32 bits per heavy atom. The van der Waals surface area contributed by atoms with Crippen LogP contribution < -0.4 is 0 Å². The Labute approximate surface area is 119 Å². The molecule has 0 bridgehead atoms. The van der Waals surface area contributed by atoms with E-state index in [0.717, 1.165) is 6.42 Å². The first-order chi connectivity index (χ1) is 9.36. The Kier molecular flexibility index (Phi) is 9.14. The van der Waals surface area contributed by atoms with Crippen molar-refractivity contribution in [2.24, 2.45) is 0 Å². The molecule has 0 nitrogen and oxygen atoms in total. The second kappa shape index (κ2) is 10.8. The summed E-state index contributed by atoms with van der Waals surface area (Å²) in [6, 6.07) is 10.9. The third-order valence-electron chi connectivity index (χ3n) is 3.62. The summed E-state index contributed by atoms with van der Waals surface area (Å²) in [5.74, 6) is 0. The van der Waals surface area contributed by atoms with Crippen LogP contribution in [0.2, 0.25) is 0 Å². The molecule has 1 aromatic carbocycles. The minimum Gasteiger partial charge on any atom is -0.0850 e. The van der Waals surface area contributed by atoms with Gasteiger partial charge in [-0.1, -0.05) is 81.5 Å². The van der Waals surface area contributed by atoms with Crippen LogP contribution in [0.5, 0.6) is 0 Å². The molecule has 0 atom stereocenters. The minimum absolute atomic E-state index is 1.15. The predicted molar refractivity (Wildman–Crippen MR) is 86.5 cm³/mol. The van der Waals surface area contributed by atoms with E-state index in [0.29, 0.717) is 0 Å². The zero-order valence-corrected chi connectivity index (χ0v) is 12.8. The smallest absolute Gasteiger partial charge is 0.00671 e. The number of hydrogen-bond donors (Lipinski definition) is 0. The zero-order chi connectivity index (χ0) is 13.8. The van der Waals surface area contributed by atoms with Crippen molar-refractivity contribution in [1.82, 2.24) is 0 Å². The normalized spacial score (nSPS) is 11.8. The third kappa shape index (κ3) is 7.87. The summed E-state index contributed by atoms with van der Waals surface area (Å²) >= 11 is 0. The molecule has 0 saturated carbocycles. The van der Waals surface area contributed by atoms with Gasteiger partial charge in [-0.15, -0.1) is 0 Å². The van der Waals surface area contributed by atoms with Crippen LogP contribution in [0.1, 0.15) is 70.8 Å². The zero-order valence-electron chi connectivity index (χ0n) is 12.8. The second-order valence-electron chi connectivity index (χ2n) is 5.48. The summed E-state index contributed by atoms with van der Waals surface area (Å²) in [4.78, 5) is 0. The van der Waals surface area contributed by atoms with E-state index in [2.05, 4.69) is 50.3 Å². The summed E-state index contributed by atoms with van der Waals surface area (Å²) < 4.78 is 0. The molecule has 19 heavy (non-hydrogen) atoms. The molecule has 0 fully saturated rings. The van der Waals surface area contributed by atoms with E-state index in [4.69, 9.17) is 0 Å². The molecule has 0 N–H and O–H groups in total. The number of rotatable bonds is 10. The maximum absolute atomic E-state index is 2.51. The quantitative estimate of drug-likeness (QED) is 0.340. The molecule has 0 aliphatic heterocycles. The maximum Gasteiger partial charge on any atom is -0.00671 e. The van der Waals surface area contributed by atoms with Gasteiger partial charge < -0.3 is 0 Å². The fraction of sp³-hybridized carbons (Fsp3) is 0.579. The highest BCUT2D eigenvalue weighted by atomic mass is 14.1. The molecule has 0 unspecified atom stereocenters. The topological polar surface area (TPSA) is 0 Å². The Bertz CT molecular complexity index is 334. The van der Waals surface area contributed by atoms with E-state index >= 15 is 0 Å². The number of hydrogen-bond acceptors (Lipinski definition) is 0. The minimum atomic E-state index is 1.15. The largest absolute Gasteiger partial charge is 0.0850 e. The van der Waals surface area contributed by atoms with Gasteiger partial charge in [0.2, 0.25) is 0 Å². The van der Waals surface area contributed by atoms with E-state index in [1.54, 1.807) is 5.57 Å². The van der Waals surface area contributed by atoms with Crippen molar-refractivity contribution in [3.05, 3.63) is 47.5 Å². The fourth-order valence-electron chi connectivity index (χ4n) is 2.40. The first-order valence-corrected chi connectivity index (χ1v) is 8.08. The van der Waals surface area contributed by atoms with Gasteiger partial charge in [0.1, 0.15) is 0 Å². The van der Waals surface area contributed by atoms with Gasteiger partial charge in [0, 0.05) is 0 Å². The van der Waals surface area contributed by atoms with Gasteiger partial charge in [-0.2, -0.15) is 0 Å². The average molecular weight is 258 g/mol. The number of allylic oxidation sites excluding steroid dienone is 2. The third-order valence-corrected chi connectivity index (χ3v) is 3.62. The van der Waals surface area contributed by atoms with Gasteiger partial charge in [-0.05, 0) is 37.7 Å². The molecule has 1 rings (SSSR count). The van der Waals surface area contributed by atoms with Crippen molar-refractivity contribution in [2.45, 2.75) is 71.6 Å². The van der Waals surface area contributed by atoms with Crippen LogP contribution in [0, 0.1) is 0 Å². The molecule has 0 aliphatic carbocycles. The summed E-state index contributed by atoms with van der Waals surface area (Å²) in [5, 5.41) is 0. The van der Waals surface area contributed by atoms with E-state index < -0.39 is 0 Å². The molecule has 0 saturated heterocycles. The Morgan fingerprint density at radius 1 is 0.895 bits per heavy atom. The monoisotopic (exact) mass is 258 g/mol. The van der Waals surface area contributed by atoms with Gasteiger partial charge in [0.15, 0.2) is 0 Å². The lowest BCUT2D eigenvalue weighted by molar-refractivity contribution is 0.670. The van der Waals surface area contributed by atoms with Gasteiger partial charge in [0.25, 0.3) is 0 Å². The molecule has 0 radical (unpaired) electrons. The second-order valence-corrected chi connectivity index (χ2v) is 5.48. The molecular formula is C19H30. The van der Waals surface area contributed by atoms with Crippen molar-refractivity contribution in [3.8, 4) is 0 Å². The molecule has 0 heteroatoms. The van der Waals surface area contributed by atoms with Crippen LogP contribution >= 0.6 is 0 Å². The van der Waals surface area contributed by atoms with E-state index in [-0.39, 0.29) is 0 Å². The van der Waals surface area contributed by atoms with Crippen LogP contribution in [0.4, 0.5) is 0 Å². The van der Waals surface area contributed by atoms with Crippen LogP contribution in [0.15, 0.2) is 42.0 Å². The lowest BCUT2D eigenvalue weighted by atomic mass is 9.98. The van der Waals surface area contributed by atoms with Gasteiger partial charge >= 0.3 is 0 Å². The Balaban J connectivity index is 2.43. The van der Waals surface area contributed by atoms with Crippen molar-refractivity contribution in [3.63, 3.8) is 0 Å². The van der Waals surface area contributed by atoms with E-state index in [9.17, 15) is 0 Å². The van der Waals surface area contributed by atoms with Crippen LogP contribution in [-0.2, 0) is 6.42 Å². The summed E-state index contributed by atoms with van der Waals surface area (Å²) in [6.07, 6.45) is 14.3. The molecule has 0 aromatic heterocycles. The van der Waals surface area contributed by atoms with E-state index in [1.165, 1.54) is 56.9 Å². The standard InChI is InChI=1S/C19H30/c1-3-5-7-8-10-14-18(13-6-4-2)17-19-15-11-9-12-16-19/h9,11-12,14-16H,3-8,10,13,17H2,1-2H3/b18-14-. The van der Waals surface area contributed by atoms with Crippen LogP contribution in [0.3, 0.4) is 0 Å². The Hall–Kier alpha value is -1.04. The van der Waals surface area contributed by atoms with Gasteiger partial charge in [0.05, 0.1) is 0 Å². The molecular weight excluding hydrogens is 228 g/mol. The lowest BCUT2D eigenvalue weighted by Gasteiger charge is -2.08. The molecule has 0 aliphatic rings. The van der Waals surface area contributed by atoms with Crippen molar-refractivity contribution in [2.75, 3.05) is 0 Å². The highest BCUT2D eigenvalue weighted by Crippen LogP contribution is 2.16. The lowest BCUT2D eigenvalue weighted by Crippen LogP contribution is -1.92. The highest BCUT2D eigenvalue weighted by molar-refractivity contribution is 5.21. The van der Waals surface area contributed by atoms with Crippen molar-refractivity contribution < 1.29 is 0 Å². The van der Waals surface area contributed by atoms with E-state index in [1.807, 2.05) is 0 Å². The van der Waals surface area contributed by atoms with Gasteiger partial charge in [-0.25, -0.2) is 0 Å². The van der Waals surface area contributed by atoms with Crippen molar-refractivity contribution in [1.29, 1.82) is 0 Å². The molecule has 0 spiro atoms. The molecule has 0 amide bonds.